The summed E-state index contributed by atoms with van der Waals surface area (Å²) < 4.78 is 5.63. The van der Waals surface area contributed by atoms with E-state index in [4.69, 9.17) is 9.84 Å². The van der Waals surface area contributed by atoms with Gasteiger partial charge in [0.2, 0.25) is 0 Å². The van der Waals surface area contributed by atoms with E-state index in [0.29, 0.717) is 11.7 Å². The molecule has 0 unspecified atom stereocenters. The Balaban J connectivity index is 2.67. The van der Waals surface area contributed by atoms with Gasteiger partial charge in [0.15, 0.2) is 0 Å². The molecule has 2 nitrogen and oxygen atoms in total. The van der Waals surface area contributed by atoms with Crippen molar-refractivity contribution in [1.82, 2.24) is 0 Å². The first-order valence-corrected chi connectivity index (χ1v) is 4.67. The fraction of sp³-hybridized carbons (Fsp3) is 1.00. The standard InChI is InChI=1S/C7H15BO2S/c1-5-2-6(8)10-7(5,3-9)4-11/h5-6,9,11H,2-4,8H2,1H3/t5-,6-,7-/m1/s1. The predicted molar refractivity (Wildman–Crippen MR) is 50.9 cm³/mol. The van der Waals surface area contributed by atoms with Crippen molar-refractivity contribution in [3.05, 3.63) is 0 Å². The molecule has 4 heteroatoms. The number of thiol groups is 1. The number of aliphatic hydroxyl groups is 1. The lowest BCUT2D eigenvalue weighted by Gasteiger charge is -2.29. The molecule has 1 fully saturated rings. The molecule has 0 bridgehead atoms. The number of hydrogen-bond donors (Lipinski definition) is 2. The van der Waals surface area contributed by atoms with Crippen LogP contribution in [-0.4, -0.2) is 36.9 Å². The van der Waals surface area contributed by atoms with Gasteiger partial charge in [-0.15, -0.1) is 0 Å². The summed E-state index contributed by atoms with van der Waals surface area (Å²) in [6, 6.07) is 0.268. The van der Waals surface area contributed by atoms with Gasteiger partial charge >= 0.3 is 0 Å². The SMILES string of the molecule is B[C@H]1C[C@@H](C)[C@@](CO)(CS)O1. The lowest BCUT2D eigenvalue weighted by molar-refractivity contribution is -0.0503. The summed E-state index contributed by atoms with van der Waals surface area (Å²) in [4.78, 5) is 0. The van der Waals surface area contributed by atoms with Gasteiger partial charge in [0.1, 0.15) is 13.4 Å². The largest absolute Gasteiger partial charge is 0.393 e. The van der Waals surface area contributed by atoms with E-state index in [0.717, 1.165) is 6.42 Å². The number of hydrogen-bond acceptors (Lipinski definition) is 3. The third-order valence-electron chi connectivity index (χ3n) is 2.55. The van der Waals surface area contributed by atoms with Crippen LogP contribution in [0.25, 0.3) is 0 Å². The second kappa shape index (κ2) is 3.38. The zero-order chi connectivity index (χ0) is 8.48. The highest BCUT2D eigenvalue weighted by Crippen LogP contribution is 2.35. The van der Waals surface area contributed by atoms with E-state index in [2.05, 4.69) is 19.6 Å². The zero-order valence-corrected chi connectivity index (χ0v) is 7.97. The van der Waals surface area contributed by atoms with Crippen LogP contribution in [0.15, 0.2) is 0 Å². The van der Waals surface area contributed by atoms with Crippen molar-refractivity contribution in [3.8, 4) is 0 Å². The summed E-state index contributed by atoms with van der Waals surface area (Å²) in [6.07, 6.45) is 1.03. The molecule has 1 aliphatic heterocycles. The molecule has 1 N–H and O–H groups in total. The minimum atomic E-state index is -0.372. The molecule has 0 aliphatic carbocycles. The first kappa shape index (κ1) is 9.42. The molecule has 0 amide bonds. The molecule has 1 saturated heterocycles. The molecule has 0 aromatic rings. The van der Waals surface area contributed by atoms with Gasteiger partial charge in [-0.3, -0.25) is 0 Å². The Kier molecular flexibility index (Phi) is 2.89. The van der Waals surface area contributed by atoms with Gasteiger partial charge in [0.05, 0.1) is 6.61 Å². The van der Waals surface area contributed by atoms with Crippen molar-refractivity contribution in [3.63, 3.8) is 0 Å². The Hall–Kier alpha value is 0.335. The summed E-state index contributed by atoms with van der Waals surface area (Å²) in [6.45, 7) is 2.19. The fourth-order valence-corrected chi connectivity index (χ4v) is 2.20. The Morgan fingerprint density at radius 3 is 2.64 bits per heavy atom. The highest BCUT2D eigenvalue weighted by Gasteiger charge is 2.42. The van der Waals surface area contributed by atoms with Crippen LogP contribution in [0.4, 0.5) is 0 Å². The maximum Gasteiger partial charge on any atom is 0.139 e. The normalized spacial score (nSPS) is 44.6. The van der Waals surface area contributed by atoms with Crippen LogP contribution in [-0.2, 0) is 4.74 Å². The molecule has 0 aromatic heterocycles. The predicted octanol–water partition coefficient (Wildman–Crippen LogP) is -0.337. The molecule has 3 atom stereocenters. The first-order chi connectivity index (χ1) is 5.14. The van der Waals surface area contributed by atoms with Gasteiger partial charge in [-0.05, 0) is 12.3 Å². The molecular weight excluding hydrogens is 159 g/mol. The zero-order valence-electron chi connectivity index (χ0n) is 7.08. The van der Waals surface area contributed by atoms with Crippen molar-refractivity contribution in [1.29, 1.82) is 0 Å². The van der Waals surface area contributed by atoms with Crippen LogP contribution in [0, 0.1) is 5.92 Å². The van der Waals surface area contributed by atoms with Crippen LogP contribution >= 0.6 is 12.6 Å². The molecule has 0 aromatic carbocycles. The molecule has 1 heterocycles. The average Bonchev–Trinajstić information content (AvgIpc) is 2.27. The minimum absolute atomic E-state index is 0.0853. The average molecular weight is 174 g/mol. The quantitative estimate of drug-likeness (QED) is 0.443. The van der Waals surface area contributed by atoms with Gasteiger partial charge in [0.25, 0.3) is 0 Å². The van der Waals surface area contributed by atoms with Gasteiger partial charge in [-0.1, -0.05) is 6.92 Å². The highest BCUT2D eigenvalue weighted by atomic mass is 32.1. The van der Waals surface area contributed by atoms with Gasteiger partial charge < -0.3 is 9.84 Å². The van der Waals surface area contributed by atoms with Crippen molar-refractivity contribution >= 4 is 20.5 Å². The monoisotopic (exact) mass is 174 g/mol. The topological polar surface area (TPSA) is 29.5 Å². The molecule has 0 radical (unpaired) electrons. The fourth-order valence-electron chi connectivity index (χ4n) is 1.71. The van der Waals surface area contributed by atoms with Crippen LogP contribution in [0.1, 0.15) is 13.3 Å². The van der Waals surface area contributed by atoms with Crippen molar-refractivity contribution in [2.45, 2.75) is 24.9 Å². The van der Waals surface area contributed by atoms with Crippen molar-refractivity contribution < 1.29 is 9.84 Å². The third-order valence-corrected chi connectivity index (χ3v) is 3.09. The Bertz CT molecular complexity index is 138. The lowest BCUT2D eigenvalue weighted by Crippen LogP contribution is -2.40. The smallest absolute Gasteiger partial charge is 0.139 e. The molecular formula is C7H15BO2S. The molecule has 64 valence electrons. The number of rotatable bonds is 2. The molecule has 0 spiro atoms. The lowest BCUT2D eigenvalue weighted by atomic mass is 9.87. The van der Waals surface area contributed by atoms with E-state index in [1.807, 2.05) is 7.85 Å². The second-order valence-corrected chi connectivity index (χ2v) is 3.76. The summed E-state index contributed by atoms with van der Waals surface area (Å²) >= 11 is 4.20. The molecule has 11 heavy (non-hydrogen) atoms. The van der Waals surface area contributed by atoms with E-state index in [1.54, 1.807) is 0 Å². The Morgan fingerprint density at radius 1 is 1.82 bits per heavy atom. The highest BCUT2D eigenvalue weighted by molar-refractivity contribution is 7.80. The maximum atomic E-state index is 9.13. The Labute approximate surface area is 74.1 Å². The van der Waals surface area contributed by atoms with E-state index >= 15 is 0 Å². The van der Waals surface area contributed by atoms with E-state index in [-0.39, 0.29) is 18.2 Å². The van der Waals surface area contributed by atoms with Crippen molar-refractivity contribution in [2.24, 2.45) is 5.92 Å². The van der Waals surface area contributed by atoms with Crippen LogP contribution in [0.2, 0.25) is 0 Å². The van der Waals surface area contributed by atoms with E-state index in [9.17, 15) is 0 Å². The van der Waals surface area contributed by atoms with Crippen LogP contribution < -0.4 is 0 Å². The van der Waals surface area contributed by atoms with Crippen LogP contribution in [0.3, 0.4) is 0 Å². The second-order valence-electron chi connectivity index (χ2n) is 3.45. The summed E-state index contributed by atoms with van der Waals surface area (Å²) in [5.74, 6) is 1.02. The number of aliphatic hydroxyl groups excluding tert-OH is 1. The molecule has 1 rings (SSSR count). The summed E-state index contributed by atoms with van der Waals surface area (Å²) in [5.41, 5.74) is -0.372. The van der Waals surface area contributed by atoms with Crippen molar-refractivity contribution in [2.75, 3.05) is 12.4 Å². The number of ether oxygens (including phenoxy) is 1. The van der Waals surface area contributed by atoms with Gasteiger partial charge in [-0.2, -0.15) is 12.6 Å². The minimum Gasteiger partial charge on any atom is -0.393 e. The summed E-state index contributed by atoms with van der Waals surface area (Å²) in [5, 5.41) is 9.13. The van der Waals surface area contributed by atoms with Gasteiger partial charge in [-0.25, -0.2) is 0 Å². The van der Waals surface area contributed by atoms with Gasteiger partial charge in [0, 0.05) is 11.8 Å². The third kappa shape index (κ3) is 1.58. The molecule has 0 saturated carbocycles. The summed E-state index contributed by atoms with van der Waals surface area (Å²) in [7, 11) is 2.04. The van der Waals surface area contributed by atoms with E-state index in [1.165, 1.54) is 0 Å². The maximum absolute atomic E-state index is 9.13. The first-order valence-electron chi connectivity index (χ1n) is 4.04. The molecule has 1 aliphatic rings. The van der Waals surface area contributed by atoms with E-state index < -0.39 is 0 Å². The Morgan fingerprint density at radius 2 is 2.45 bits per heavy atom. The van der Waals surface area contributed by atoms with Crippen LogP contribution in [0.5, 0.6) is 0 Å².